The van der Waals surface area contributed by atoms with Crippen molar-refractivity contribution in [2.75, 3.05) is 18.0 Å². The van der Waals surface area contributed by atoms with Gasteiger partial charge in [0.05, 0.1) is 11.4 Å². The highest BCUT2D eigenvalue weighted by Crippen LogP contribution is 2.36. The number of pyridine rings is 1. The first-order valence-corrected chi connectivity index (χ1v) is 11.8. The lowest BCUT2D eigenvalue weighted by Gasteiger charge is -2.28. The molecule has 0 N–H and O–H groups in total. The van der Waals surface area contributed by atoms with E-state index in [9.17, 15) is 14.9 Å². The molecule has 0 spiro atoms. The molecule has 1 fully saturated rings. The van der Waals surface area contributed by atoms with Crippen LogP contribution in [0, 0.1) is 18.3 Å². The van der Waals surface area contributed by atoms with Gasteiger partial charge in [0, 0.05) is 25.2 Å². The lowest BCUT2D eigenvalue weighted by atomic mass is 10.0. The lowest BCUT2D eigenvalue weighted by Crippen LogP contribution is -2.34. The number of rotatable bonds is 7. The molecule has 1 aromatic carbocycles. The van der Waals surface area contributed by atoms with E-state index < -0.39 is 0 Å². The van der Waals surface area contributed by atoms with Crippen LogP contribution in [0.15, 0.2) is 40.0 Å². The van der Waals surface area contributed by atoms with Crippen LogP contribution in [-0.4, -0.2) is 32.8 Å². The second-order valence-corrected chi connectivity index (χ2v) is 9.00. The molecule has 3 rings (SSSR count). The summed E-state index contributed by atoms with van der Waals surface area (Å²) in [6.07, 6.45) is 1.79. The van der Waals surface area contributed by atoms with E-state index >= 15 is 0 Å². The van der Waals surface area contributed by atoms with Crippen LogP contribution < -0.4 is 10.5 Å². The molecule has 2 heterocycles. The van der Waals surface area contributed by atoms with Crippen molar-refractivity contribution in [1.82, 2.24) is 9.47 Å². The van der Waals surface area contributed by atoms with Crippen molar-refractivity contribution in [1.29, 1.82) is 5.26 Å². The Morgan fingerprint density at radius 2 is 1.81 bits per heavy atom. The SMILES string of the molecule is CCN(CC)c1c(/C=C2\SC(=S)N(Cc3ccccc3)C2=O)c(C)c(C#N)c(=O)n1CC. The molecule has 0 radical (unpaired) electrons. The molecule has 0 bridgehead atoms. The van der Waals surface area contributed by atoms with E-state index in [4.69, 9.17) is 12.2 Å². The number of aromatic nitrogens is 1. The van der Waals surface area contributed by atoms with Crippen LogP contribution in [0.2, 0.25) is 0 Å². The number of thiocarbonyl (C=S) groups is 1. The third-order valence-electron chi connectivity index (χ3n) is 5.56. The van der Waals surface area contributed by atoms with Crippen molar-refractivity contribution in [3.8, 4) is 6.07 Å². The van der Waals surface area contributed by atoms with Crippen molar-refractivity contribution >= 4 is 46.1 Å². The third-order valence-corrected chi connectivity index (χ3v) is 6.94. The summed E-state index contributed by atoms with van der Waals surface area (Å²) in [4.78, 5) is 30.4. The number of hydrogen-bond acceptors (Lipinski definition) is 6. The smallest absolute Gasteiger partial charge is 0.270 e. The molecule has 6 nitrogen and oxygen atoms in total. The highest BCUT2D eigenvalue weighted by molar-refractivity contribution is 8.26. The largest absolute Gasteiger partial charge is 0.358 e. The molecular weight excluding hydrogens is 440 g/mol. The van der Waals surface area contributed by atoms with Crippen LogP contribution >= 0.6 is 24.0 Å². The zero-order valence-electron chi connectivity index (χ0n) is 18.7. The molecule has 1 amide bonds. The number of amides is 1. The summed E-state index contributed by atoms with van der Waals surface area (Å²) in [5.41, 5.74) is 2.10. The fraction of sp³-hybridized carbons (Fsp3) is 0.333. The van der Waals surface area contributed by atoms with Crippen molar-refractivity contribution in [2.24, 2.45) is 0 Å². The van der Waals surface area contributed by atoms with Crippen LogP contribution in [0.4, 0.5) is 5.82 Å². The maximum absolute atomic E-state index is 13.2. The molecule has 0 aliphatic carbocycles. The fourth-order valence-electron chi connectivity index (χ4n) is 3.83. The molecule has 32 heavy (non-hydrogen) atoms. The van der Waals surface area contributed by atoms with Crippen molar-refractivity contribution < 1.29 is 4.79 Å². The lowest BCUT2D eigenvalue weighted by molar-refractivity contribution is -0.122. The van der Waals surface area contributed by atoms with Gasteiger partial charge in [0.2, 0.25) is 0 Å². The Hall–Kier alpha value is -2.89. The monoisotopic (exact) mass is 466 g/mol. The quantitative estimate of drug-likeness (QED) is 0.448. The van der Waals surface area contributed by atoms with E-state index in [-0.39, 0.29) is 17.0 Å². The standard InChI is InChI=1S/C24H26N4O2S2/c1-5-26(6-2)21-18(16(4)19(14-25)22(29)27(21)7-3)13-20-23(30)28(24(31)32-20)15-17-11-9-8-10-12-17/h8-13H,5-7,15H2,1-4H3/b20-13-. The Morgan fingerprint density at radius 3 is 2.38 bits per heavy atom. The average Bonchev–Trinajstić information content (AvgIpc) is 3.05. The molecule has 1 aromatic heterocycles. The van der Waals surface area contributed by atoms with E-state index in [1.165, 1.54) is 11.8 Å². The number of nitriles is 1. The zero-order chi connectivity index (χ0) is 23.4. The average molecular weight is 467 g/mol. The van der Waals surface area contributed by atoms with Gasteiger partial charge in [0.1, 0.15) is 21.8 Å². The van der Waals surface area contributed by atoms with Crippen molar-refractivity contribution in [3.63, 3.8) is 0 Å². The molecule has 1 aliphatic heterocycles. The van der Waals surface area contributed by atoms with Gasteiger partial charge in [-0.2, -0.15) is 5.26 Å². The molecule has 8 heteroatoms. The maximum atomic E-state index is 13.2. The summed E-state index contributed by atoms with van der Waals surface area (Å²) in [6, 6.07) is 11.8. The number of carbonyl (C=O) groups excluding carboxylic acids is 1. The van der Waals surface area contributed by atoms with Crippen LogP contribution in [0.3, 0.4) is 0 Å². The molecule has 1 saturated heterocycles. The van der Waals surface area contributed by atoms with E-state index in [1.54, 1.807) is 22.5 Å². The molecule has 0 unspecified atom stereocenters. The number of benzene rings is 1. The van der Waals surface area contributed by atoms with Gasteiger partial charge in [-0.3, -0.25) is 19.1 Å². The molecule has 1 aliphatic rings. The van der Waals surface area contributed by atoms with Gasteiger partial charge >= 0.3 is 0 Å². The van der Waals surface area contributed by atoms with Crippen LogP contribution in [-0.2, 0) is 17.9 Å². The van der Waals surface area contributed by atoms with E-state index in [1.807, 2.05) is 51.1 Å². The van der Waals surface area contributed by atoms with E-state index in [0.717, 1.165) is 11.4 Å². The second-order valence-electron chi connectivity index (χ2n) is 7.32. The topological polar surface area (TPSA) is 69.3 Å². The molecule has 0 saturated carbocycles. The Labute approximate surface area is 198 Å². The number of carbonyl (C=O) groups is 1. The van der Waals surface area contributed by atoms with Gasteiger partial charge in [0.25, 0.3) is 11.5 Å². The summed E-state index contributed by atoms with van der Waals surface area (Å²) in [5.74, 6) is 0.564. The van der Waals surface area contributed by atoms with E-state index in [2.05, 4.69) is 11.0 Å². The zero-order valence-corrected chi connectivity index (χ0v) is 20.3. The van der Waals surface area contributed by atoms with Gasteiger partial charge in [-0.25, -0.2) is 0 Å². The number of hydrogen-bond donors (Lipinski definition) is 0. The van der Waals surface area contributed by atoms with E-state index in [0.29, 0.717) is 46.5 Å². The van der Waals surface area contributed by atoms with Crippen LogP contribution in [0.25, 0.3) is 6.08 Å². The first-order valence-electron chi connectivity index (χ1n) is 10.6. The Balaban J connectivity index is 2.15. The van der Waals surface area contributed by atoms with Crippen molar-refractivity contribution in [3.05, 3.63) is 67.8 Å². The molecular formula is C24H26N4O2S2. The summed E-state index contributed by atoms with van der Waals surface area (Å²) >= 11 is 6.75. The van der Waals surface area contributed by atoms with Gasteiger partial charge < -0.3 is 4.90 Å². The highest BCUT2D eigenvalue weighted by Gasteiger charge is 2.33. The fourth-order valence-corrected chi connectivity index (χ4v) is 5.07. The van der Waals surface area contributed by atoms with Gasteiger partial charge in [-0.05, 0) is 44.9 Å². The van der Waals surface area contributed by atoms with Gasteiger partial charge in [-0.15, -0.1) is 0 Å². The predicted octanol–water partition coefficient (Wildman–Crippen LogP) is 4.30. The second kappa shape index (κ2) is 10.2. The minimum atomic E-state index is -0.303. The number of anilines is 1. The van der Waals surface area contributed by atoms with Crippen LogP contribution in [0.5, 0.6) is 0 Å². The van der Waals surface area contributed by atoms with Gasteiger partial charge in [-0.1, -0.05) is 54.3 Å². The minimum Gasteiger partial charge on any atom is -0.358 e. The first kappa shape index (κ1) is 23.8. The predicted molar refractivity (Wildman–Crippen MR) is 135 cm³/mol. The number of nitrogens with zero attached hydrogens (tertiary/aromatic N) is 4. The Kier molecular flexibility index (Phi) is 7.54. The maximum Gasteiger partial charge on any atom is 0.270 e. The first-order chi connectivity index (χ1) is 15.4. The Bertz CT molecular complexity index is 1180. The van der Waals surface area contributed by atoms with Crippen molar-refractivity contribution in [2.45, 2.75) is 40.8 Å². The summed E-state index contributed by atoms with van der Waals surface area (Å²) < 4.78 is 2.12. The summed E-state index contributed by atoms with van der Waals surface area (Å²) in [5, 5.41) is 9.65. The Morgan fingerprint density at radius 1 is 1.16 bits per heavy atom. The highest BCUT2D eigenvalue weighted by atomic mass is 32.2. The number of thioether (sulfide) groups is 1. The van der Waals surface area contributed by atoms with Gasteiger partial charge in [0.15, 0.2) is 0 Å². The normalized spacial score (nSPS) is 14.8. The summed E-state index contributed by atoms with van der Waals surface area (Å²) in [7, 11) is 0. The van der Waals surface area contributed by atoms with Crippen LogP contribution in [0.1, 0.15) is 43.0 Å². The summed E-state index contributed by atoms with van der Waals surface area (Å²) in [6.45, 7) is 9.90. The molecule has 0 atom stereocenters. The molecule has 2 aromatic rings. The third kappa shape index (κ3) is 4.36. The minimum absolute atomic E-state index is 0.105. The molecule has 166 valence electrons.